The molecule has 234 valence electrons. The van der Waals surface area contributed by atoms with Gasteiger partial charge in [-0.25, -0.2) is 13.3 Å². The van der Waals surface area contributed by atoms with E-state index < -0.39 is 46.7 Å². The van der Waals surface area contributed by atoms with Crippen molar-refractivity contribution in [2.45, 2.75) is 122 Å². The predicted molar refractivity (Wildman–Crippen MR) is 156 cm³/mol. The van der Waals surface area contributed by atoms with Crippen LogP contribution in [0.15, 0.2) is 0 Å². The first kappa shape index (κ1) is 34.7. The summed E-state index contributed by atoms with van der Waals surface area (Å²) in [5, 5.41) is 5.60. The van der Waals surface area contributed by atoms with Crippen molar-refractivity contribution >= 4 is 40.6 Å². The maximum atomic E-state index is 13.5. The Kier molecular flexibility index (Phi) is 12.8. The molecule has 12 nitrogen and oxygen atoms in total. The lowest BCUT2D eigenvalue weighted by molar-refractivity contribution is -0.137. The lowest BCUT2D eigenvalue weighted by Crippen LogP contribution is -2.51. The van der Waals surface area contributed by atoms with Crippen molar-refractivity contribution in [1.82, 2.24) is 24.7 Å². The number of Topliss-reactive ketones (excluding diaryl/α,β-unsaturated/α-hetero) is 1. The van der Waals surface area contributed by atoms with E-state index in [4.69, 9.17) is 4.74 Å². The molecule has 2 heterocycles. The Labute approximate surface area is 246 Å². The summed E-state index contributed by atoms with van der Waals surface area (Å²) >= 11 is 0. The minimum absolute atomic E-state index is 0.00876. The Bertz CT molecular complexity index is 1000. The van der Waals surface area contributed by atoms with Gasteiger partial charge in [-0.05, 0) is 60.3 Å². The Hall–Kier alpha value is -2.54. The lowest BCUT2D eigenvalue weighted by Gasteiger charge is -2.29. The molecule has 2 N–H and O–H groups in total. The van der Waals surface area contributed by atoms with E-state index in [1.807, 2.05) is 9.21 Å². The normalized spacial score (nSPS) is 21.8. The van der Waals surface area contributed by atoms with E-state index in [2.05, 4.69) is 10.6 Å². The van der Waals surface area contributed by atoms with Crippen LogP contribution in [0.1, 0.15) is 86.5 Å². The third-order valence-corrected chi connectivity index (χ3v) is 8.89. The maximum Gasteiger partial charge on any atom is 0.410 e. The molecule has 0 spiro atoms. The summed E-state index contributed by atoms with van der Waals surface area (Å²) in [5.41, 5.74) is -0.705. The standard InChI is InChI=1S/C28H49N5O7S/c1-9-24(35)29-21(26(37)32-16-14-23-22(32)15-17-33(23)41(8)39)13-11-10-12-20(19(3)34)30-25(36)18(2)31(7)27(38)40-28(4,5)6/h18,20-23H,9-17H2,1-8H3,(H,29,35)(H,30,36)/t18-,20?,21?,22?,23?,41?/m0/s1. The number of fused-ring (bicyclic) bond motifs is 1. The Morgan fingerprint density at radius 3 is 2.12 bits per heavy atom. The number of carbonyl (C=O) groups is 5. The molecule has 2 rings (SSSR count). The van der Waals surface area contributed by atoms with Gasteiger partial charge in [0.15, 0.2) is 5.78 Å². The number of ether oxygens (including phenoxy) is 1. The van der Waals surface area contributed by atoms with Crippen LogP contribution >= 0.6 is 0 Å². The van der Waals surface area contributed by atoms with Crippen LogP contribution in [0.3, 0.4) is 0 Å². The van der Waals surface area contributed by atoms with E-state index in [-0.39, 0.29) is 36.1 Å². The SMILES string of the molecule is CCC(=O)NC(CCCCC(NC(=O)[C@H](C)N(C)C(=O)OC(C)(C)C)C(C)=O)C(=O)N1CCC2C1CCN2S(C)=O. The first-order chi connectivity index (χ1) is 19.1. The fourth-order valence-corrected chi connectivity index (χ4v) is 6.32. The largest absolute Gasteiger partial charge is 0.444 e. The first-order valence-electron chi connectivity index (χ1n) is 14.5. The fraction of sp³-hybridized carbons (Fsp3) is 0.821. The second-order valence-electron chi connectivity index (χ2n) is 12.0. The predicted octanol–water partition coefficient (Wildman–Crippen LogP) is 1.74. The number of nitrogens with zero attached hydrogens (tertiary/aromatic N) is 3. The number of amides is 4. The molecule has 2 aliphatic heterocycles. The van der Waals surface area contributed by atoms with Gasteiger partial charge in [0.2, 0.25) is 17.7 Å². The van der Waals surface area contributed by atoms with Crippen LogP contribution in [0.25, 0.3) is 0 Å². The number of nitrogens with one attached hydrogen (secondary N) is 2. The van der Waals surface area contributed by atoms with E-state index in [0.717, 1.165) is 12.8 Å². The van der Waals surface area contributed by atoms with E-state index in [1.165, 1.54) is 18.9 Å². The highest BCUT2D eigenvalue weighted by Crippen LogP contribution is 2.33. The molecule has 4 amide bonds. The topological polar surface area (TPSA) is 145 Å². The minimum atomic E-state index is -1.09. The summed E-state index contributed by atoms with van der Waals surface area (Å²) in [7, 11) is 0.378. The second-order valence-corrected chi connectivity index (χ2v) is 13.3. The average Bonchev–Trinajstić information content (AvgIpc) is 3.49. The molecule has 0 bridgehead atoms. The van der Waals surface area contributed by atoms with Crippen LogP contribution < -0.4 is 10.6 Å². The zero-order valence-corrected chi connectivity index (χ0v) is 26.7. The van der Waals surface area contributed by atoms with Crippen molar-refractivity contribution < 1.29 is 32.9 Å². The van der Waals surface area contributed by atoms with Gasteiger partial charge in [0, 0.05) is 44.9 Å². The van der Waals surface area contributed by atoms with Crippen molar-refractivity contribution in [3.8, 4) is 0 Å². The third kappa shape index (κ3) is 9.76. The second kappa shape index (κ2) is 15.1. The van der Waals surface area contributed by atoms with Gasteiger partial charge < -0.3 is 20.3 Å². The van der Waals surface area contributed by atoms with Crippen LogP contribution in [-0.2, 0) is 34.9 Å². The number of hydrogen-bond donors (Lipinski definition) is 2. The van der Waals surface area contributed by atoms with Crippen molar-refractivity contribution in [3.63, 3.8) is 0 Å². The number of rotatable bonds is 13. The molecular weight excluding hydrogens is 550 g/mol. The number of unbranched alkanes of at least 4 members (excludes halogenated alkanes) is 1. The molecule has 41 heavy (non-hydrogen) atoms. The molecule has 6 atom stereocenters. The molecular formula is C28H49N5O7S. The molecule has 0 saturated carbocycles. The quantitative estimate of drug-likeness (QED) is 0.307. The summed E-state index contributed by atoms with van der Waals surface area (Å²) in [6, 6.07) is -2.21. The Balaban J connectivity index is 1.95. The first-order valence-corrected chi connectivity index (χ1v) is 16.1. The van der Waals surface area contributed by atoms with Crippen LogP contribution in [0.2, 0.25) is 0 Å². The van der Waals surface area contributed by atoms with Crippen LogP contribution in [0.5, 0.6) is 0 Å². The van der Waals surface area contributed by atoms with Gasteiger partial charge in [-0.2, -0.15) is 0 Å². The third-order valence-electron chi connectivity index (χ3n) is 7.78. The minimum Gasteiger partial charge on any atom is -0.444 e. The monoisotopic (exact) mass is 599 g/mol. The highest BCUT2D eigenvalue weighted by molar-refractivity contribution is 7.81. The molecule has 0 aromatic carbocycles. The Morgan fingerprint density at radius 1 is 1.00 bits per heavy atom. The molecule has 5 unspecified atom stereocenters. The lowest BCUT2D eigenvalue weighted by atomic mass is 10.0. The zero-order chi connectivity index (χ0) is 31.1. The zero-order valence-electron chi connectivity index (χ0n) is 25.9. The van der Waals surface area contributed by atoms with Gasteiger partial charge in [0.05, 0.1) is 17.0 Å². The summed E-state index contributed by atoms with van der Waals surface area (Å²) in [6.07, 6.45) is 4.65. The van der Waals surface area contributed by atoms with Crippen molar-refractivity contribution in [2.24, 2.45) is 0 Å². The van der Waals surface area contributed by atoms with Gasteiger partial charge in [-0.3, -0.25) is 24.1 Å². The summed E-state index contributed by atoms with van der Waals surface area (Å²) in [6.45, 7) is 11.2. The number of likely N-dealkylation sites (N-methyl/N-ethyl adjacent to an activating group) is 1. The molecule has 0 radical (unpaired) electrons. The fourth-order valence-electron chi connectivity index (χ4n) is 5.33. The average molecular weight is 600 g/mol. The van der Waals surface area contributed by atoms with Crippen LogP contribution in [0.4, 0.5) is 4.79 Å². The van der Waals surface area contributed by atoms with E-state index in [1.54, 1.807) is 40.9 Å². The summed E-state index contributed by atoms with van der Waals surface area (Å²) in [5.74, 6) is -1.01. The van der Waals surface area contributed by atoms with Crippen LogP contribution in [-0.4, -0.2) is 110 Å². The Morgan fingerprint density at radius 2 is 1.59 bits per heavy atom. The molecule has 0 aromatic rings. The number of hydrogen-bond acceptors (Lipinski definition) is 7. The van der Waals surface area contributed by atoms with Crippen molar-refractivity contribution in [3.05, 3.63) is 0 Å². The molecule has 0 aromatic heterocycles. The summed E-state index contributed by atoms with van der Waals surface area (Å²) in [4.78, 5) is 66.3. The van der Waals surface area contributed by atoms with Gasteiger partial charge in [-0.1, -0.05) is 19.8 Å². The van der Waals surface area contributed by atoms with Gasteiger partial charge in [-0.15, -0.1) is 0 Å². The van der Waals surface area contributed by atoms with Crippen LogP contribution in [0, 0.1) is 0 Å². The number of ketones is 1. The van der Waals surface area contributed by atoms with E-state index in [9.17, 15) is 28.2 Å². The van der Waals surface area contributed by atoms with E-state index >= 15 is 0 Å². The molecule has 2 saturated heterocycles. The van der Waals surface area contributed by atoms with Gasteiger partial charge in [0.25, 0.3) is 0 Å². The molecule has 2 fully saturated rings. The molecule has 2 aliphatic rings. The smallest absolute Gasteiger partial charge is 0.410 e. The molecule has 0 aliphatic carbocycles. The van der Waals surface area contributed by atoms with Gasteiger partial charge >= 0.3 is 6.09 Å². The number of likely N-dealkylation sites (tertiary alicyclic amines) is 1. The molecule has 13 heteroatoms. The van der Waals surface area contributed by atoms with Gasteiger partial charge in [0.1, 0.15) is 17.7 Å². The highest BCUT2D eigenvalue weighted by Gasteiger charge is 2.46. The summed E-state index contributed by atoms with van der Waals surface area (Å²) < 4.78 is 19.3. The highest BCUT2D eigenvalue weighted by atomic mass is 32.2. The van der Waals surface area contributed by atoms with Crippen molar-refractivity contribution in [2.75, 3.05) is 26.4 Å². The van der Waals surface area contributed by atoms with Crippen molar-refractivity contribution in [1.29, 1.82) is 0 Å². The van der Waals surface area contributed by atoms with E-state index in [0.29, 0.717) is 38.8 Å². The number of carbonyl (C=O) groups excluding carboxylic acids is 5. The maximum absolute atomic E-state index is 13.5.